The summed E-state index contributed by atoms with van der Waals surface area (Å²) in [6.07, 6.45) is 10.1. The van der Waals surface area contributed by atoms with Gasteiger partial charge in [0.25, 0.3) is 0 Å². The normalized spacial score (nSPS) is 11.0. The van der Waals surface area contributed by atoms with E-state index in [1.165, 1.54) is 5.56 Å². The van der Waals surface area contributed by atoms with Crippen LogP contribution < -0.4 is 0 Å². The smallest absolute Gasteiger partial charge is 0.304 e. The van der Waals surface area contributed by atoms with Crippen molar-refractivity contribution in [1.82, 2.24) is 24.5 Å². The zero-order valence-electron chi connectivity index (χ0n) is 38.3. The summed E-state index contributed by atoms with van der Waals surface area (Å²) in [4.78, 5) is 5.14. The van der Waals surface area contributed by atoms with Gasteiger partial charge in [-0.25, -0.2) is 0 Å². The van der Waals surface area contributed by atoms with Crippen LogP contribution in [0.2, 0.25) is 0 Å². The molecular formula is C65H42IrN5. The molecule has 0 amide bonds. The van der Waals surface area contributed by atoms with Gasteiger partial charge in [-0.2, -0.15) is 58.7 Å². The molecule has 3 heterocycles. The average molecular weight is 1090 g/mol. The summed E-state index contributed by atoms with van der Waals surface area (Å²) < 4.78 is 3.77. The molecule has 9 aromatic carbocycles. The minimum absolute atomic E-state index is 0. The van der Waals surface area contributed by atoms with Gasteiger partial charge < -0.3 is 4.98 Å². The Labute approximate surface area is 427 Å². The van der Waals surface area contributed by atoms with Gasteiger partial charge >= 0.3 is 20.1 Å². The van der Waals surface area contributed by atoms with E-state index in [0.717, 1.165) is 106 Å². The van der Waals surface area contributed by atoms with Crippen LogP contribution in [0.15, 0.2) is 255 Å². The monoisotopic (exact) mass is 1090 g/mol. The van der Waals surface area contributed by atoms with Crippen molar-refractivity contribution in [2.24, 2.45) is 0 Å². The zero-order chi connectivity index (χ0) is 46.6. The molecule has 12 aromatic rings. The van der Waals surface area contributed by atoms with Crippen LogP contribution in [0, 0.1) is 18.2 Å². The van der Waals surface area contributed by atoms with E-state index in [2.05, 4.69) is 188 Å². The molecule has 0 unspecified atom stereocenters. The minimum atomic E-state index is 0. The van der Waals surface area contributed by atoms with E-state index in [1.54, 1.807) is 0 Å². The van der Waals surface area contributed by atoms with Gasteiger partial charge in [-0.3, -0.25) is 9.36 Å². The molecule has 0 atom stereocenters. The summed E-state index contributed by atoms with van der Waals surface area (Å²) in [6.45, 7) is 0. The standard InChI is InChI=1S/C65H42N5.Ir/c1-5-20-46(21-6-1)48-24-19-25-49(36-48)63-40-65(47-22-7-2-8-23-47)66-43-64(63)62-35-18-17-32-59(62)52-38-50(57-30-13-15-33-60(57)53-41-67-69(44-53)55-26-9-3-10-27-55)37-51(39-52)58-31-14-16-34-61(58)54-42-68-70(45-54)56-28-11-4-12-29-56;/h1-22,24-26,28,30-45H;/q-3;+3. The second-order valence-electron chi connectivity index (χ2n) is 17.1. The van der Waals surface area contributed by atoms with Crippen LogP contribution >= 0.6 is 0 Å². The predicted octanol–water partition coefficient (Wildman–Crippen LogP) is 15.9. The molecule has 0 aliphatic rings. The Morgan fingerprint density at radius 1 is 0.296 bits per heavy atom. The molecule has 0 saturated carbocycles. The van der Waals surface area contributed by atoms with E-state index in [9.17, 15) is 0 Å². The molecule has 0 N–H and O–H groups in total. The number of rotatable bonds is 11. The number of nitrogens with zero attached hydrogens (tertiary/aromatic N) is 5. The van der Waals surface area contributed by atoms with Gasteiger partial charge in [0.2, 0.25) is 0 Å². The number of hydrogen-bond acceptors (Lipinski definition) is 3. The van der Waals surface area contributed by atoms with Crippen molar-refractivity contribution < 1.29 is 20.1 Å². The molecule has 0 spiro atoms. The maximum Gasteiger partial charge on any atom is 3.00 e. The Morgan fingerprint density at radius 3 is 1.25 bits per heavy atom. The first kappa shape index (κ1) is 44.7. The van der Waals surface area contributed by atoms with Crippen molar-refractivity contribution in [2.45, 2.75) is 0 Å². The van der Waals surface area contributed by atoms with E-state index in [-0.39, 0.29) is 20.1 Å². The van der Waals surface area contributed by atoms with Gasteiger partial charge in [0.15, 0.2) is 0 Å². The first-order chi connectivity index (χ1) is 34.7. The number of aromatic nitrogens is 5. The van der Waals surface area contributed by atoms with Crippen LogP contribution in [0.5, 0.6) is 0 Å². The number of benzene rings is 9. The van der Waals surface area contributed by atoms with Gasteiger partial charge in [0, 0.05) is 35.3 Å². The fourth-order valence-corrected chi connectivity index (χ4v) is 9.38. The van der Waals surface area contributed by atoms with E-state index in [0.29, 0.717) is 0 Å². The molecule has 12 rings (SSSR count). The van der Waals surface area contributed by atoms with Crippen LogP contribution in [-0.2, 0) is 20.1 Å². The van der Waals surface area contributed by atoms with Crippen LogP contribution in [0.25, 0.3) is 112 Å². The van der Waals surface area contributed by atoms with E-state index in [1.807, 2.05) is 94.7 Å². The zero-order valence-corrected chi connectivity index (χ0v) is 40.7. The molecule has 0 saturated heterocycles. The third-order valence-corrected chi connectivity index (χ3v) is 12.8. The van der Waals surface area contributed by atoms with E-state index < -0.39 is 0 Å². The minimum Gasteiger partial charge on any atom is -0.304 e. The molecule has 0 aliphatic heterocycles. The summed E-state index contributed by atoms with van der Waals surface area (Å²) in [5, 5.41) is 9.58. The van der Waals surface area contributed by atoms with Crippen LogP contribution in [0.1, 0.15) is 0 Å². The molecule has 0 bridgehead atoms. The van der Waals surface area contributed by atoms with Crippen molar-refractivity contribution in [3.05, 3.63) is 274 Å². The first-order valence-electron chi connectivity index (χ1n) is 23.3. The molecular weight excluding hydrogens is 1040 g/mol. The maximum atomic E-state index is 5.14. The Bertz CT molecular complexity index is 3630. The average Bonchev–Trinajstić information content (AvgIpc) is 4.16. The second-order valence-corrected chi connectivity index (χ2v) is 17.1. The first-order valence-corrected chi connectivity index (χ1v) is 23.3. The van der Waals surface area contributed by atoms with Crippen molar-refractivity contribution in [2.75, 3.05) is 0 Å². The fraction of sp³-hybridized carbons (Fsp3) is 0. The van der Waals surface area contributed by atoms with Gasteiger partial charge in [0.05, 0.1) is 12.4 Å². The molecule has 0 radical (unpaired) electrons. The van der Waals surface area contributed by atoms with Crippen LogP contribution in [-0.4, -0.2) is 24.5 Å². The van der Waals surface area contributed by atoms with Crippen molar-refractivity contribution in [3.63, 3.8) is 0 Å². The SMILES string of the molecule is [Ir+3].[c-]1ccccc1-c1cc(-c2cccc(-c3ccccc3)c2)c(-c2ccccc2-c2cc(-c3ccccc3-c3cnn(-c4[c-]cccc4)c3)cc(-c3ccccc3-c3cnn(-c4[c-]cccc4)c3)c2)cn1. The predicted molar refractivity (Wildman–Crippen MR) is 284 cm³/mol. The molecule has 0 fully saturated rings. The van der Waals surface area contributed by atoms with Gasteiger partial charge in [0.1, 0.15) is 0 Å². The largest absolute Gasteiger partial charge is 3.00 e. The third-order valence-electron chi connectivity index (χ3n) is 12.8. The molecule has 6 heteroatoms. The van der Waals surface area contributed by atoms with Gasteiger partial charge in [-0.05, 0) is 114 Å². The summed E-state index contributed by atoms with van der Waals surface area (Å²) in [5.74, 6) is 0. The summed E-state index contributed by atoms with van der Waals surface area (Å²) in [6, 6.07) is 88.4. The number of para-hydroxylation sites is 2. The van der Waals surface area contributed by atoms with Crippen LogP contribution in [0.3, 0.4) is 0 Å². The quantitative estimate of drug-likeness (QED) is 0.121. The summed E-state index contributed by atoms with van der Waals surface area (Å²) in [7, 11) is 0. The van der Waals surface area contributed by atoms with Crippen LogP contribution in [0.4, 0.5) is 0 Å². The maximum absolute atomic E-state index is 5.14. The fourth-order valence-electron chi connectivity index (χ4n) is 9.38. The molecule has 71 heavy (non-hydrogen) atoms. The summed E-state index contributed by atoms with van der Waals surface area (Å²) >= 11 is 0. The Morgan fingerprint density at radius 2 is 0.732 bits per heavy atom. The molecule has 5 nitrogen and oxygen atoms in total. The van der Waals surface area contributed by atoms with Gasteiger partial charge in [-0.15, -0.1) is 48.0 Å². The number of pyridine rings is 1. The van der Waals surface area contributed by atoms with Crippen molar-refractivity contribution in [1.29, 1.82) is 0 Å². The topological polar surface area (TPSA) is 48.5 Å². The van der Waals surface area contributed by atoms with E-state index in [4.69, 9.17) is 15.2 Å². The molecule has 0 aliphatic carbocycles. The van der Waals surface area contributed by atoms with E-state index >= 15 is 0 Å². The van der Waals surface area contributed by atoms with Crippen molar-refractivity contribution in [3.8, 4) is 112 Å². The van der Waals surface area contributed by atoms with Gasteiger partial charge in [-0.1, -0.05) is 127 Å². The Balaban J connectivity index is 0.00000547. The third kappa shape index (κ3) is 9.14. The van der Waals surface area contributed by atoms with Crippen molar-refractivity contribution >= 4 is 0 Å². The molecule has 336 valence electrons. The summed E-state index contributed by atoms with van der Waals surface area (Å²) in [5.41, 5.74) is 20.8. The molecule has 3 aromatic heterocycles. The second kappa shape index (κ2) is 20.0. The number of hydrogen-bond donors (Lipinski definition) is 0. The Hall–Kier alpha value is -8.80. The Kier molecular flexibility index (Phi) is 12.6.